The van der Waals surface area contributed by atoms with E-state index < -0.39 is 0 Å². The van der Waals surface area contributed by atoms with Gasteiger partial charge in [0, 0.05) is 19.2 Å². The fourth-order valence-electron chi connectivity index (χ4n) is 1.74. The van der Waals surface area contributed by atoms with Gasteiger partial charge in [-0.2, -0.15) is 0 Å². The predicted molar refractivity (Wildman–Crippen MR) is 86.4 cm³/mol. The molecule has 0 atom stereocenters. The molecule has 0 saturated heterocycles. The van der Waals surface area contributed by atoms with E-state index in [0.29, 0.717) is 0 Å². The number of rotatable bonds is 7. The fraction of sp³-hybridized carbons (Fsp3) is 0.333. The number of aromatic nitrogens is 2. The highest BCUT2D eigenvalue weighted by Gasteiger charge is 2.03. The second-order valence-corrected chi connectivity index (χ2v) is 5.16. The molecule has 1 heterocycles. The number of nitrogens with zero attached hydrogens (tertiary/aromatic N) is 2. The maximum Gasteiger partial charge on any atom is 0.191 e. The highest BCUT2D eigenvalue weighted by Crippen LogP contribution is 2.17. The number of benzene rings is 1. The van der Waals surface area contributed by atoms with Crippen LogP contribution >= 0.6 is 11.8 Å². The number of thioether (sulfide) groups is 1. The van der Waals surface area contributed by atoms with Crippen molar-refractivity contribution < 1.29 is 0 Å². The van der Waals surface area contributed by atoms with Crippen molar-refractivity contribution in [2.24, 2.45) is 0 Å². The van der Waals surface area contributed by atoms with Crippen LogP contribution in [-0.4, -0.2) is 22.8 Å². The zero-order valence-corrected chi connectivity index (χ0v) is 12.7. The molecule has 20 heavy (non-hydrogen) atoms. The van der Waals surface area contributed by atoms with Crippen molar-refractivity contribution in [2.75, 3.05) is 23.4 Å². The van der Waals surface area contributed by atoms with Crippen molar-refractivity contribution in [1.82, 2.24) is 9.97 Å². The molecule has 2 aromatic rings. The van der Waals surface area contributed by atoms with E-state index in [0.717, 1.165) is 36.3 Å². The highest BCUT2D eigenvalue weighted by atomic mass is 32.2. The Balaban J connectivity index is 2.06. The SMILES string of the molecule is CCCNc1cc(NCc2ccccc2)nc(SC)n1. The van der Waals surface area contributed by atoms with Crippen LogP contribution in [0.1, 0.15) is 18.9 Å². The van der Waals surface area contributed by atoms with E-state index in [-0.39, 0.29) is 0 Å². The second-order valence-electron chi connectivity index (χ2n) is 4.39. The van der Waals surface area contributed by atoms with Crippen LogP contribution in [0, 0.1) is 0 Å². The molecule has 1 aromatic carbocycles. The molecule has 106 valence electrons. The summed E-state index contributed by atoms with van der Waals surface area (Å²) < 4.78 is 0. The Morgan fingerprint density at radius 2 is 1.75 bits per heavy atom. The Hall–Kier alpha value is -1.75. The van der Waals surface area contributed by atoms with Gasteiger partial charge in [-0.05, 0) is 18.2 Å². The minimum atomic E-state index is 0.763. The minimum absolute atomic E-state index is 0.763. The van der Waals surface area contributed by atoms with Gasteiger partial charge in [-0.1, -0.05) is 49.0 Å². The van der Waals surface area contributed by atoms with E-state index in [1.807, 2.05) is 30.5 Å². The molecule has 4 nitrogen and oxygen atoms in total. The van der Waals surface area contributed by atoms with Crippen LogP contribution in [0.15, 0.2) is 41.6 Å². The number of hydrogen-bond acceptors (Lipinski definition) is 5. The third kappa shape index (κ3) is 4.42. The highest BCUT2D eigenvalue weighted by molar-refractivity contribution is 7.98. The van der Waals surface area contributed by atoms with E-state index in [1.165, 1.54) is 5.56 Å². The van der Waals surface area contributed by atoms with E-state index in [4.69, 9.17) is 0 Å². The maximum absolute atomic E-state index is 4.48. The lowest BCUT2D eigenvalue weighted by atomic mass is 10.2. The molecule has 0 saturated carbocycles. The molecule has 0 aliphatic rings. The van der Waals surface area contributed by atoms with Crippen LogP contribution in [0.3, 0.4) is 0 Å². The lowest BCUT2D eigenvalue weighted by Crippen LogP contribution is -2.07. The van der Waals surface area contributed by atoms with Gasteiger partial charge in [0.1, 0.15) is 11.6 Å². The summed E-state index contributed by atoms with van der Waals surface area (Å²) in [5.41, 5.74) is 1.24. The largest absolute Gasteiger partial charge is 0.370 e. The Bertz CT molecular complexity index is 531. The number of nitrogens with one attached hydrogen (secondary N) is 2. The monoisotopic (exact) mass is 288 g/mol. The van der Waals surface area contributed by atoms with Gasteiger partial charge in [0.25, 0.3) is 0 Å². The third-order valence-electron chi connectivity index (χ3n) is 2.76. The molecule has 0 amide bonds. The zero-order chi connectivity index (χ0) is 14.2. The normalized spacial score (nSPS) is 10.3. The van der Waals surface area contributed by atoms with Gasteiger partial charge in [-0.3, -0.25) is 0 Å². The van der Waals surface area contributed by atoms with Crippen molar-refractivity contribution in [3.63, 3.8) is 0 Å². The van der Waals surface area contributed by atoms with Gasteiger partial charge in [0.15, 0.2) is 5.16 Å². The lowest BCUT2D eigenvalue weighted by Gasteiger charge is -2.10. The molecule has 0 aliphatic heterocycles. The van der Waals surface area contributed by atoms with Gasteiger partial charge >= 0.3 is 0 Å². The van der Waals surface area contributed by atoms with Crippen LogP contribution < -0.4 is 10.6 Å². The van der Waals surface area contributed by atoms with Crippen molar-refractivity contribution in [3.8, 4) is 0 Å². The van der Waals surface area contributed by atoms with E-state index >= 15 is 0 Å². The first kappa shape index (κ1) is 14.7. The van der Waals surface area contributed by atoms with Gasteiger partial charge in [0.05, 0.1) is 0 Å². The quantitative estimate of drug-likeness (QED) is 0.602. The molecule has 0 spiro atoms. The van der Waals surface area contributed by atoms with Crippen LogP contribution in [0.25, 0.3) is 0 Å². The second kappa shape index (κ2) is 7.75. The van der Waals surface area contributed by atoms with Crippen molar-refractivity contribution in [3.05, 3.63) is 42.0 Å². The molecule has 0 aliphatic carbocycles. The summed E-state index contributed by atoms with van der Waals surface area (Å²) >= 11 is 1.55. The summed E-state index contributed by atoms with van der Waals surface area (Å²) in [5, 5.41) is 7.43. The van der Waals surface area contributed by atoms with Gasteiger partial charge < -0.3 is 10.6 Å². The molecule has 1 aromatic heterocycles. The first-order chi connectivity index (χ1) is 9.81. The Labute approximate surface area is 124 Å². The van der Waals surface area contributed by atoms with E-state index in [1.54, 1.807) is 11.8 Å². The fourth-order valence-corrected chi connectivity index (χ4v) is 2.12. The average molecular weight is 288 g/mol. The standard InChI is InChI=1S/C15H20N4S/c1-3-9-16-13-10-14(19-15(18-13)20-2)17-11-12-7-5-4-6-8-12/h4-8,10H,3,9,11H2,1-2H3,(H2,16,17,18,19). The summed E-state index contributed by atoms with van der Waals surface area (Å²) in [7, 11) is 0. The molecule has 5 heteroatoms. The molecular formula is C15H20N4S. The summed E-state index contributed by atoms with van der Waals surface area (Å²) in [4.78, 5) is 8.92. The molecule has 0 unspecified atom stereocenters. The predicted octanol–water partition coefficient (Wildman–Crippen LogP) is 3.63. The summed E-state index contributed by atoms with van der Waals surface area (Å²) in [6, 6.07) is 12.3. The molecular weight excluding hydrogens is 268 g/mol. The Morgan fingerprint density at radius 1 is 1.05 bits per heavy atom. The summed E-state index contributed by atoms with van der Waals surface area (Å²) in [6.07, 6.45) is 3.06. The number of hydrogen-bond donors (Lipinski definition) is 2. The van der Waals surface area contributed by atoms with E-state index in [2.05, 4.69) is 39.7 Å². The van der Waals surface area contributed by atoms with Gasteiger partial charge in [0.2, 0.25) is 0 Å². The molecule has 0 fully saturated rings. The molecule has 0 radical (unpaired) electrons. The van der Waals surface area contributed by atoms with Crippen LogP contribution in [0.4, 0.5) is 11.6 Å². The van der Waals surface area contributed by atoms with Crippen LogP contribution in [-0.2, 0) is 6.54 Å². The van der Waals surface area contributed by atoms with Crippen molar-refractivity contribution in [2.45, 2.75) is 25.0 Å². The van der Waals surface area contributed by atoms with Crippen LogP contribution in [0.5, 0.6) is 0 Å². The first-order valence-electron chi connectivity index (χ1n) is 6.76. The molecule has 0 bridgehead atoms. The number of anilines is 2. The maximum atomic E-state index is 4.48. The van der Waals surface area contributed by atoms with Crippen molar-refractivity contribution in [1.29, 1.82) is 0 Å². The third-order valence-corrected chi connectivity index (χ3v) is 3.31. The first-order valence-corrected chi connectivity index (χ1v) is 7.99. The topological polar surface area (TPSA) is 49.8 Å². The van der Waals surface area contributed by atoms with Gasteiger partial charge in [-0.15, -0.1) is 0 Å². The minimum Gasteiger partial charge on any atom is -0.370 e. The lowest BCUT2D eigenvalue weighted by molar-refractivity contribution is 0.922. The zero-order valence-electron chi connectivity index (χ0n) is 11.9. The Morgan fingerprint density at radius 3 is 2.40 bits per heavy atom. The van der Waals surface area contributed by atoms with Crippen LogP contribution in [0.2, 0.25) is 0 Å². The summed E-state index contributed by atoms with van der Waals surface area (Å²) in [5.74, 6) is 1.73. The summed E-state index contributed by atoms with van der Waals surface area (Å²) in [6.45, 7) is 3.82. The Kier molecular flexibility index (Phi) is 5.68. The molecule has 2 rings (SSSR count). The molecule has 2 N–H and O–H groups in total. The van der Waals surface area contributed by atoms with Gasteiger partial charge in [-0.25, -0.2) is 9.97 Å². The average Bonchev–Trinajstić information content (AvgIpc) is 2.51. The van der Waals surface area contributed by atoms with E-state index in [9.17, 15) is 0 Å². The smallest absolute Gasteiger partial charge is 0.191 e. The van der Waals surface area contributed by atoms with Crippen molar-refractivity contribution >= 4 is 23.4 Å².